The summed E-state index contributed by atoms with van der Waals surface area (Å²) in [5.41, 5.74) is 2.87. The molecule has 0 bridgehead atoms. The van der Waals surface area contributed by atoms with Gasteiger partial charge in [-0.05, 0) is 42.0 Å². The lowest BCUT2D eigenvalue weighted by molar-refractivity contribution is -0.121. The Morgan fingerprint density at radius 1 is 1.08 bits per heavy atom. The van der Waals surface area contributed by atoms with Crippen LogP contribution in [0.2, 0.25) is 0 Å². The van der Waals surface area contributed by atoms with E-state index in [-0.39, 0.29) is 23.8 Å². The molecule has 0 saturated carbocycles. The predicted molar refractivity (Wildman–Crippen MR) is 140 cm³/mol. The second-order valence-electron chi connectivity index (χ2n) is 8.68. The summed E-state index contributed by atoms with van der Waals surface area (Å²) >= 11 is 0. The van der Waals surface area contributed by atoms with Gasteiger partial charge in [-0.3, -0.25) is 14.6 Å². The molecule has 2 amide bonds. The minimum atomic E-state index is -1.12. The summed E-state index contributed by atoms with van der Waals surface area (Å²) < 4.78 is 25.8. The Balaban J connectivity index is 1.34. The van der Waals surface area contributed by atoms with Crippen LogP contribution in [0, 0.1) is 5.82 Å². The quantitative estimate of drug-likeness (QED) is 0.323. The lowest BCUT2D eigenvalue weighted by atomic mass is 10.1. The van der Waals surface area contributed by atoms with Gasteiger partial charge in [-0.1, -0.05) is 18.2 Å². The van der Waals surface area contributed by atoms with Crippen molar-refractivity contribution in [2.24, 2.45) is 0 Å². The zero-order valence-electron chi connectivity index (χ0n) is 20.7. The van der Waals surface area contributed by atoms with Crippen LogP contribution in [-0.2, 0) is 11.3 Å². The number of carbonyl (C=O) groups excluding carboxylic acids is 2. The highest BCUT2D eigenvalue weighted by Crippen LogP contribution is 2.36. The molecule has 5 rings (SSSR count). The van der Waals surface area contributed by atoms with Crippen molar-refractivity contribution in [3.8, 4) is 11.5 Å². The normalized spacial score (nSPS) is 13.3. The van der Waals surface area contributed by atoms with Crippen LogP contribution in [0.1, 0.15) is 15.9 Å². The molecule has 1 atom stereocenters. The number of fused-ring (bicyclic) bond motifs is 2. The molecule has 4 aromatic rings. The molecule has 194 valence electrons. The lowest BCUT2D eigenvalue weighted by Crippen LogP contribution is -2.46. The largest absolute Gasteiger partial charge is 0.493 e. The van der Waals surface area contributed by atoms with Gasteiger partial charge in [0.2, 0.25) is 5.91 Å². The van der Waals surface area contributed by atoms with Crippen molar-refractivity contribution >= 4 is 39.8 Å². The van der Waals surface area contributed by atoms with E-state index in [1.165, 1.54) is 37.3 Å². The first-order valence-electron chi connectivity index (χ1n) is 11.8. The highest BCUT2D eigenvalue weighted by atomic mass is 19.1. The molecule has 2 heterocycles. The minimum Gasteiger partial charge on any atom is -0.493 e. The molecule has 3 N–H and O–H groups in total. The predicted octanol–water partition coefficient (Wildman–Crippen LogP) is 4.09. The van der Waals surface area contributed by atoms with Crippen molar-refractivity contribution in [1.29, 1.82) is 0 Å². The van der Waals surface area contributed by atoms with Crippen molar-refractivity contribution < 1.29 is 28.6 Å². The number of methoxy groups -OCH3 is 2. The third kappa shape index (κ3) is 4.57. The van der Waals surface area contributed by atoms with Crippen LogP contribution < -0.4 is 20.1 Å². The van der Waals surface area contributed by atoms with Crippen LogP contribution in [0.4, 0.5) is 21.5 Å². The maximum Gasteiger partial charge on any atom is 0.255 e. The third-order valence-electron chi connectivity index (χ3n) is 6.45. The molecular formula is C28H25FN4O5. The first-order valence-corrected chi connectivity index (χ1v) is 11.8. The third-order valence-corrected chi connectivity index (χ3v) is 6.45. The molecule has 3 aromatic carbocycles. The Bertz CT molecular complexity index is 1540. The van der Waals surface area contributed by atoms with Crippen LogP contribution in [0.3, 0.4) is 0 Å². The topological polar surface area (TPSA) is 113 Å². The van der Waals surface area contributed by atoms with Crippen molar-refractivity contribution in [3.63, 3.8) is 0 Å². The van der Waals surface area contributed by atoms with Crippen molar-refractivity contribution in [3.05, 3.63) is 83.8 Å². The number of carbonyl (C=O) groups is 2. The van der Waals surface area contributed by atoms with Gasteiger partial charge in [0.05, 0.1) is 32.0 Å². The number of hydrogen-bond donors (Lipinski definition) is 3. The minimum absolute atomic E-state index is 0.175. The van der Waals surface area contributed by atoms with Crippen LogP contribution in [0.25, 0.3) is 10.9 Å². The van der Waals surface area contributed by atoms with Gasteiger partial charge in [-0.2, -0.15) is 0 Å². The molecule has 1 aliphatic rings. The number of nitrogens with zero attached hydrogens (tertiary/aromatic N) is 2. The van der Waals surface area contributed by atoms with Gasteiger partial charge in [0, 0.05) is 41.1 Å². The SMILES string of the molecule is COc1cc2nccc(Nc3ccc(NC(=O)C(CO)N4Cc5ccccc5C4=O)cc3F)c2cc1OC. The molecule has 0 saturated heterocycles. The van der Waals surface area contributed by atoms with Crippen molar-refractivity contribution in [2.75, 3.05) is 31.5 Å². The van der Waals surface area contributed by atoms with E-state index < -0.39 is 24.4 Å². The second kappa shape index (κ2) is 10.3. The number of halogens is 1. The standard InChI is InChI=1S/C28H25FN4O5/c1-37-25-12-19-21(9-10-30-23(19)13-26(25)38-2)32-22-8-7-17(11-20(22)29)31-27(35)24(15-34)33-14-16-5-3-4-6-18(16)28(33)36/h3-13,24,34H,14-15H2,1-2H3,(H,30,32)(H,31,35). The molecule has 0 radical (unpaired) electrons. The van der Waals surface area contributed by atoms with E-state index in [1.807, 2.05) is 6.07 Å². The Labute approximate surface area is 217 Å². The molecule has 1 aromatic heterocycles. The first kappa shape index (κ1) is 25.0. The van der Waals surface area contributed by atoms with Crippen LogP contribution in [0.5, 0.6) is 11.5 Å². The average molecular weight is 517 g/mol. The number of rotatable bonds is 8. The highest BCUT2D eigenvalue weighted by Gasteiger charge is 2.35. The maximum atomic E-state index is 15.1. The fourth-order valence-electron chi connectivity index (χ4n) is 4.50. The van der Waals surface area contributed by atoms with E-state index in [9.17, 15) is 14.7 Å². The number of aliphatic hydroxyl groups is 1. The highest BCUT2D eigenvalue weighted by molar-refractivity contribution is 6.03. The van der Waals surface area contributed by atoms with Gasteiger partial charge < -0.3 is 30.1 Å². The fraction of sp³-hybridized carbons (Fsp3) is 0.179. The number of benzene rings is 3. The van der Waals surface area contributed by atoms with E-state index >= 15 is 4.39 Å². The van der Waals surface area contributed by atoms with E-state index in [1.54, 1.807) is 42.6 Å². The summed E-state index contributed by atoms with van der Waals surface area (Å²) in [6.07, 6.45) is 1.59. The summed E-state index contributed by atoms with van der Waals surface area (Å²) in [4.78, 5) is 31.3. The van der Waals surface area contributed by atoms with Gasteiger partial charge in [0.1, 0.15) is 11.9 Å². The molecule has 0 spiro atoms. The Hall–Kier alpha value is -4.70. The summed E-state index contributed by atoms with van der Waals surface area (Å²) in [6, 6.07) is 15.3. The summed E-state index contributed by atoms with van der Waals surface area (Å²) in [5.74, 6) is -0.531. The number of ether oxygens (including phenoxy) is 2. The number of amides is 2. The molecule has 38 heavy (non-hydrogen) atoms. The van der Waals surface area contributed by atoms with Gasteiger partial charge in [0.25, 0.3) is 5.91 Å². The van der Waals surface area contributed by atoms with Crippen molar-refractivity contribution in [1.82, 2.24) is 9.88 Å². The van der Waals surface area contributed by atoms with Gasteiger partial charge >= 0.3 is 0 Å². The molecule has 1 aliphatic heterocycles. The molecule has 1 unspecified atom stereocenters. The molecule has 0 aliphatic carbocycles. The fourth-order valence-corrected chi connectivity index (χ4v) is 4.50. The zero-order valence-corrected chi connectivity index (χ0v) is 20.7. The smallest absolute Gasteiger partial charge is 0.255 e. The number of aliphatic hydroxyl groups excluding tert-OH is 1. The average Bonchev–Trinajstić information content (AvgIpc) is 3.26. The Morgan fingerprint density at radius 3 is 2.55 bits per heavy atom. The van der Waals surface area contributed by atoms with E-state index in [0.29, 0.717) is 33.7 Å². The number of nitrogens with one attached hydrogen (secondary N) is 2. The molecule has 10 heteroatoms. The van der Waals surface area contributed by atoms with Crippen LogP contribution in [0.15, 0.2) is 66.9 Å². The van der Waals surface area contributed by atoms with E-state index in [2.05, 4.69) is 15.6 Å². The van der Waals surface area contributed by atoms with Gasteiger partial charge in [-0.25, -0.2) is 4.39 Å². The zero-order chi connectivity index (χ0) is 26.8. The van der Waals surface area contributed by atoms with Gasteiger partial charge in [-0.15, -0.1) is 0 Å². The number of anilines is 3. The number of pyridine rings is 1. The second-order valence-corrected chi connectivity index (χ2v) is 8.68. The first-order chi connectivity index (χ1) is 18.4. The lowest BCUT2D eigenvalue weighted by Gasteiger charge is -2.25. The van der Waals surface area contributed by atoms with Crippen molar-refractivity contribution in [2.45, 2.75) is 12.6 Å². The summed E-state index contributed by atoms with van der Waals surface area (Å²) in [7, 11) is 3.06. The van der Waals surface area contributed by atoms with Crippen LogP contribution in [-0.4, -0.2) is 53.7 Å². The summed E-state index contributed by atoms with van der Waals surface area (Å²) in [6.45, 7) is -0.363. The Kier molecular flexibility index (Phi) is 6.80. The van der Waals surface area contributed by atoms with E-state index in [0.717, 1.165) is 5.56 Å². The maximum absolute atomic E-state index is 15.1. The Morgan fingerprint density at radius 2 is 1.84 bits per heavy atom. The number of hydrogen-bond acceptors (Lipinski definition) is 7. The molecule has 9 nitrogen and oxygen atoms in total. The summed E-state index contributed by atoms with van der Waals surface area (Å²) in [5, 5.41) is 16.3. The van der Waals surface area contributed by atoms with Gasteiger partial charge in [0.15, 0.2) is 11.5 Å². The number of aromatic nitrogens is 1. The van der Waals surface area contributed by atoms with Crippen LogP contribution >= 0.6 is 0 Å². The van der Waals surface area contributed by atoms with E-state index in [4.69, 9.17) is 9.47 Å². The monoisotopic (exact) mass is 516 g/mol. The molecule has 0 fully saturated rings. The molecular weight excluding hydrogens is 491 g/mol.